The number of hydrogen-bond donors (Lipinski definition) is 0. The zero-order valence-electron chi connectivity index (χ0n) is 16.8. The Kier molecular flexibility index (Phi) is 6.68. The van der Waals surface area contributed by atoms with Crippen molar-refractivity contribution in [2.45, 2.75) is 20.1 Å². The molecule has 6 heteroatoms. The van der Waals surface area contributed by atoms with E-state index in [-0.39, 0.29) is 5.78 Å². The molecular formula is C23H24N2O4. The molecule has 0 spiro atoms. The summed E-state index contributed by atoms with van der Waals surface area (Å²) in [4.78, 5) is 12.3. The monoisotopic (exact) mass is 392 g/mol. The van der Waals surface area contributed by atoms with Crippen molar-refractivity contribution < 1.29 is 19.0 Å². The van der Waals surface area contributed by atoms with Gasteiger partial charge in [0, 0.05) is 18.3 Å². The van der Waals surface area contributed by atoms with Gasteiger partial charge < -0.3 is 14.2 Å². The van der Waals surface area contributed by atoms with Crippen LogP contribution in [-0.2, 0) is 13.2 Å². The molecule has 0 fully saturated rings. The Morgan fingerprint density at radius 3 is 2.45 bits per heavy atom. The second kappa shape index (κ2) is 9.59. The minimum absolute atomic E-state index is 0.135. The van der Waals surface area contributed by atoms with Gasteiger partial charge in [0.15, 0.2) is 0 Å². The van der Waals surface area contributed by atoms with Crippen LogP contribution >= 0.6 is 0 Å². The molecule has 0 N–H and O–H groups in total. The van der Waals surface area contributed by atoms with Crippen LogP contribution in [0.1, 0.15) is 28.5 Å². The van der Waals surface area contributed by atoms with Gasteiger partial charge in [0.1, 0.15) is 29.5 Å². The van der Waals surface area contributed by atoms with Gasteiger partial charge in [0.25, 0.3) is 0 Å². The lowest BCUT2D eigenvalue weighted by molar-refractivity contribution is 0.104. The van der Waals surface area contributed by atoms with Crippen LogP contribution in [0.2, 0.25) is 0 Å². The van der Waals surface area contributed by atoms with Crippen molar-refractivity contribution in [3.63, 3.8) is 0 Å². The molecule has 0 aliphatic heterocycles. The summed E-state index contributed by atoms with van der Waals surface area (Å²) >= 11 is 0. The molecule has 1 aromatic heterocycles. The molecule has 0 unspecified atom stereocenters. The van der Waals surface area contributed by atoms with Gasteiger partial charge in [-0.25, -0.2) is 0 Å². The van der Waals surface area contributed by atoms with Crippen molar-refractivity contribution in [2.24, 2.45) is 0 Å². The summed E-state index contributed by atoms with van der Waals surface area (Å²) in [5, 5.41) is 4.23. The summed E-state index contributed by atoms with van der Waals surface area (Å²) < 4.78 is 18.2. The van der Waals surface area contributed by atoms with Crippen LogP contribution in [0.3, 0.4) is 0 Å². The summed E-state index contributed by atoms with van der Waals surface area (Å²) in [6.07, 6.45) is 5.09. The van der Waals surface area contributed by atoms with Crippen LogP contribution in [0.5, 0.6) is 17.2 Å². The van der Waals surface area contributed by atoms with E-state index in [1.807, 2.05) is 49.4 Å². The molecule has 29 heavy (non-hydrogen) atoms. The van der Waals surface area contributed by atoms with Gasteiger partial charge in [0.05, 0.1) is 14.2 Å². The minimum atomic E-state index is -0.135. The lowest BCUT2D eigenvalue weighted by Gasteiger charge is -2.11. The van der Waals surface area contributed by atoms with Gasteiger partial charge >= 0.3 is 0 Å². The number of aryl methyl sites for hydroxylation is 1. The quantitative estimate of drug-likeness (QED) is 0.399. The van der Waals surface area contributed by atoms with E-state index < -0.39 is 0 Å². The van der Waals surface area contributed by atoms with Crippen LogP contribution in [0.25, 0.3) is 6.08 Å². The van der Waals surface area contributed by atoms with Crippen molar-refractivity contribution in [2.75, 3.05) is 14.2 Å². The summed E-state index contributed by atoms with van der Waals surface area (Å²) in [7, 11) is 3.25. The lowest BCUT2D eigenvalue weighted by atomic mass is 10.1. The highest BCUT2D eigenvalue weighted by molar-refractivity contribution is 6.05. The first-order chi connectivity index (χ1) is 14.1. The van der Waals surface area contributed by atoms with E-state index >= 15 is 0 Å². The normalized spacial score (nSPS) is 10.9. The first kappa shape index (κ1) is 20.2. The van der Waals surface area contributed by atoms with Gasteiger partial charge in [0.2, 0.25) is 5.78 Å². The standard InChI is InChI=1S/C23H24N2O4/c1-4-25-14-13-21(24-25)22(26)11-5-17-6-12-23(28-3)18(15-17)16-29-20-9-7-19(27-2)8-10-20/h5-15H,4,16H2,1-3H3/b11-5+. The Balaban J connectivity index is 1.70. The molecule has 0 aliphatic carbocycles. The predicted octanol–water partition coefficient (Wildman–Crippen LogP) is 4.40. The van der Waals surface area contributed by atoms with Gasteiger partial charge in [-0.3, -0.25) is 9.48 Å². The molecular weight excluding hydrogens is 368 g/mol. The highest BCUT2D eigenvalue weighted by Gasteiger charge is 2.08. The molecule has 0 bridgehead atoms. The first-order valence-electron chi connectivity index (χ1n) is 9.32. The molecule has 0 aliphatic rings. The number of rotatable bonds is 9. The van der Waals surface area contributed by atoms with Crippen molar-refractivity contribution in [1.82, 2.24) is 9.78 Å². The molecule has 3 rings (SSSR count). The summed E-state index contributed by atoms with van der Waals surface area (Å²) in [5.41, 5.74) is 2.19. The Morgan fingerprint density at radius 1 is 1.03 bits per heavy atom. The number of nitrogens with zero attached hydrogens (tertiary/aromatic N) is 2. The van der Waals surface area contributed by atoms with E-state index in [1.54, 1.807) is 37.2 Å². The number of aromatic nitrogens is 2. The molecule has 0 radical (unpaired) electrons. The molecule has 150 valence electrons. The number of ether oxygens (including phenoxy) is 3. The van der Waals surface area contributed by atoms with Crippen molar-refractivity contribution in [1.29, 1.82) is 0 Å². The summed E-state index contributed by atoms with van der Waals surface area (Å²) in [6.45, 7) is 3.04. The second-order valence-electron chi connectivity index (χ2n) is 6.29. The molecule has 0 saturated heterocycles. The minimum Gasteiger partial charge on any atom is -0.497 e. The van der Waals surface area contributed by atoms with Gasteiger partial charge in [-0.15, -0.1) is 0 Å². The fraction of sp³-hybridized carbons (Fsp3) is 0.217. The average Bonchev–Trinajstić information content (AvgIpc) is 3.26. The number of carbonyl (C=O) groups is 1. The maximum Gasteiger partial charge on any atom is 0.206 e. The predicted molar refractivity (Wildman–Crippen MR) is 112 cm³/mol. The number of benzene rings is 2. The number of ketones is 1. The highest BCUT2D eigenvalue weighted by atomic mass is 16.5. The smallest absolute Gasteiger partial charge is 0.206 e. The van der Waals surface area contributed by atoms with Crippen LogP contribution in [0.15, 0.2) is 60.8 Å². The van der Waals surface area contributed by atoms with E-state index in [9.17, 15) is 4.79 Å². The van der Waals surface area contributed by atoms with E-state index in [1.165, 1.54) is 6.08 Å². The lowest BCUT2D eigenvalue weighted by Crippen LogP contribution is -2.00. The average molecular weight is 392 g/mol. The van der Waals surface area contributed by atoms with Gasteiger partial charge in [-0.2, -0.15) is 5.10 Å². The topological polar surface area (TPSA) is 62.6 Å². The maximum atomic E-state index is 12.3. The van der Waals surface area contributed by atoms with Crippen LogP contribution in [0, 0.1) is 0 Å². The Bertz CT molecular complexity index is 990. The van der Waals surface area contributed by atoms with Crippen molar-refractivity contribution in [3.8, 4) is 17.2 Å². The Labute approximate surface area is 170 Å². The number of allylic oxidation sites excluding steroid dienone is 1. The third-order valence-electron chi connectivity index (χ3n) is 4.40. The second-order valence-corrected chi connectivity index (χ2v) is 6.29. The van der Waals surface area contributed by atoms with Crippen LogP contribution < -0.4 is 14.2 Å². The molecule has 0 saturated carbocycles. The van der Waals surface area contributed by atoms with E-state index in [4.69, 9.17) is 14.2 Å². The third kappa shape index (κ3) is 5.25. The largest absolute Gasteiger partial charge is 0.497 e. The molecule has 0 atom stereocenters. The Morgan fingerprint density at radius 2 is 1.79 bits per heavy atom. The van der Waals surface area contributed by atoms with Crippen molar-refractivity contribution in [3.05, 3.63) is 77.6 Å². The van der Waals surface area contributed by atoms with E-state index in [0.717, 1.165) is 34.9 Å². The molecule has 1 heterocycles. The molecule has 0 amide bonds. The van der Waals surface area contributed by atoms with Gasteiger partial charge in [-0.1, -0.05) is 12.1 Å². The summed E-state index contributed by atoms with van der Waals surface area (Å²) in [5.74, 6) is 2.10. The zero-order valence-corrected chi connectivity index (χ0v) is 16.8. The maximum absolute atomic E-state index is 12.3. The number of methoxy groups -OCH3 is 2. The number of carbonyl (C=O) groups excluding carboxylic acids is 1. The zero-order chi connectivity index (χ0) is 20.6. The summed E-state index contributed by atoms with van der Waals surface area (Å²) in [6, 6.07) is 14.8. The van der Waals surface area contributed by atoms with Crippen molar-refractivity contribution >= 4 is 11.9 Å². The first-order valence-corrected chi connectivity index (χ1v) is 9.32. The Hall–Kier alpha value is -3.54. The highest BCUT2D eigenvalue weighted by Crippen LogP contribution is 2.24. The fourth-order valence-electron chi connectivity index (χ4n) is 2.77. The van der Waals surface area contributed by atoms with Crippen LogP contribution in [0.4, 0.5) is 0 Å². The molecule has 3 aromatic rings. The molecule has 6 nitrogen and oxygen atoms in total. The third-order valence-corrected chi connectivity index (χ3v) is 4.40. The van der Waals surface area contributed by atoms with E-state index in [0.29, 0.717) is 12.3 Å². The number of hydrogen-bond acceptors (Lipinski definition) is 5. The van der Waals surface area contributed by atoms with Crippen LogP contribution in [-0.4, -0.2) is 29.8 Å². The van der Waals surface area contributed by atoms with E-state index in [2.05, 4.69) is 5.10 Å². The van der Waals surface area contributed by atoms with Gasteiger partial charge in [-0.05, 0) is 61.0 Å². The SMILES string of the molecule is CCn1ccc(C(=O)/C=C/c2ccc(OC)c(COc3ccc(OC)cc3)c2)n1. The fourth-order valence-corrected chi connectivity index (χ4v) is 2.77. The molecule has 2 aromatic carbocycles.